The van der Waals surface area contributed by atoms with Gasteiger partial charge >= 0.3 is 6.18 Å². The van der Waals surface area contributed by atoms with Crippen LogP contribution in [0, 0.1) is 96.9 Å². The summed E-state index contributed by atoms with van der Waals surface area (Å²) in [4.78, 5) is 0.401. The Morgan fingerprint density at radius 1 is 0.265 bits per heavy atom. The third-order valence-corrected chi connectivity index (χ3v) is 22.7. The number of rotatable bonds is 1. The average Bonchev–Trinajstić information content (AvgIpc) is 0.793. The van der Waals surface area contributed by atoms with Crippen molar-refractivity contribution in [3.63, 3.8) is 0 Å². The Bertz CT molecular complexity index is 4450. The summed E-state index contributed by atoms with van der Waals surface area (Å²) in [5.74, 6) is 0. The minimum atomic E-state index is -4.34. The molecule has 0 spiro atoms. The minimum Gasteiger partial charge on any atom is -0.224 e. The first-order chi connectivity index (χ1) is 52.3. The number of benzene rings is 9. The van der Waals surface area contributed by atoms with Crippen molar-refractivity contribution in [1.29, 1.82) is 0 Å². The van der Waals surface area contributed by atoms with Crippen LogP contribution in [-0.2, 0) is 64.7 Å². The summed E-state index contributed by atoms with van der Waals surface area (Å²) in [6.45, 7) is 88.5. The van der Waals surface area contributed by atoms with Gasteiger partial charge in [-0.15, -0.1) is 0 Å². The average molecular weight is 1810 g/mol. The summed E-state index contributed by atoms with van der Waals surface area (Å²) in [6, 6.07) is 48.9. The van der Waals surface area contributed by atoms with Crippen molar-refractivity contribution in [2.24, 2.45) is 0 Å². The summed E-state index contributed by atoms with van der Waals surface area (Å²) >= 11 is 25.0. The maximum atomic E-state index is 12.5. The SMILES string of the molecule is Cc1cc(Br)cc(Br)c1C(C)(C)C.Cc1cc(C(F)(F)F)cc(Cl)c1C(C)(C)C.Cc1cc(C)cc(C(C)(C)C)c1.Cc1cc(Cl)cc(Cl)c1C(C)(C)C.Cc1ccc(C)c(C(C)(C)C)c1.Cc1ccc(C)c(C(C)(C)C)c1.Cc1ccc(C)c(C(C)(C)C)c1.Cc1ccc(C)c(C(C)(C)C)c1.Cc1ccc(S(C)(=O)=O)cc1C(C)(C)C. The predicted octanol–water partition coefficient (Wildman–Crippen LogP) is 35.1. The molecular weight excluding hydrogens is 1660 g/mol. The zero-order valence-corrected chi connectivity index (χ0v) is 86.4. The molecule has 11 heteroatoms. The summed E-state index contributed by atoms with van der Waals surface area (Å²) in [5, 5.41) is 1.65. The van der Waals surface area contributed by atoms with Gasteiger partial charge in [0.05, 0.1) is 10.5 Å². The first-order valence-electron chi connectivity index (χ1n) is 40.8. The van der Waals surface area contributed by atoms with E-state index in [1.807, 2.05) is 46.8 Å². The molecule has 0 heterocycles. The van der Waals surface area contributed by atoms with Gasteiger partial charge in [0.25, 0.3) is 0 Å². The molecule has 0 fully saturated rings. The Morgan fingerprint density at radius 2 is 0.538 bits per heavy atom. The number of alkyl halides is 3. The van der Waals surface area contributed by atoms with Crippen LogP contribution in [0.5, 0.6) is 0 Å². The second-order valence-corrected chi connectivity index (χ2v) is 46.5. The normalized spacial score (nSPS) is 12.1. The van der Waals surface area contributed by atoms with E-state index in [2.05, 4.69) is 377 Å². The summed E-state index contributed by atoms with van der Waals surface area (Å²) in [5.41, 5.74) is 30.3. The van der Waals surface area contributed by atoms with Crippen molar-refractivity contribution in [3.8, 4) is 0 Å². The topological polar surface area (TPSA) is 34.1 Å². The van der Waals surface area contributed by atoms with E-state index in [4.69, 9.17) is 34.8 Å². The van der Waals surface area contributed by atoms with Gasteiger partial charge in [0.1, 0.15) is 0 Å². The lowest BCUT2D eigenvalue weighted by molar-refractivity contribution is -0.137. The molecule has 0 radical (unpaired) electrons. The van der Waals surface area contributed by atoms with Crippen molar-refractivity contribution in [2.75, 3.05) is 6.26 Å². The largest absolute Gasteiger partial charge is 0.416 e. The Balaban J connectivity index is 0.000000659. The van der Waals surface area contributed by atoms with Gasteiger partial charge in [0, 0.05) is 30.3 Å². The fraction of sp³-hybridized carbons (Fsp3) is 0.491. The van der Waals surface area contributed by atoms with E-state index in [1.54, 1.807) is 25.1 Å². The van der Waals surface area contributed by atoms with Gasteiger partial charge < -0.3 is 0 Å². The molecular formula is C106H150Br2Cl3F3O2S. The highest BCUT2D eigenvalue weighted by Crippen LogP contribution is 2.41. The predicted molar refractivity (Wildman–Crippen MR) is 521 cm³/mol. The van der Waals surface area contributed by atoms with Gasteiger partial charge in [-0.2, -0.15) is 13.2 Å². The van der Waals surface area contributed by atoms with Crippen LogP contribution in [0.3, 0.4) is 0 Å². The zero-order chi connectivity index (χ0) is 91.8. The van der Waals surface area contributed by atoms with Crippen molar-refractivity contribution in [1.82, 2.24) is 0 Å². The van der Waals surface area contributed by atoms with Crippen LogP contribution in [-0.4, -0.2) is 14.7 Å². The Hall–Kier alpha value is -5.45. The molecule has 0 unspecified atom stereocenters. The molecule has 9 aromatic rings. The molecule has 0 aliphatic carbocycles. The van der Waals surface area contributed by atoms with Gasteiger partial charge in [-0.3, -0.25) is 0 Å². The van der Waals surface area contributed by atoms with Crippen LogP contribution in [0.1, 0.15) is 320 Å². The molecule has 9 rings (SSSR count). The zero-order valence-electron chi connectivity index (χ0n) is 80.1. The summed E-state index contributed by atoms with van der Waals surface area (Å²) < 4.78 is 62.7. The maximum absolute atomic E-state index is 12.5. The van der Waals surface area contributed by atoms with Gasteiger partial charge in [-0.25, -0.2) is 8.42 Å². The van der Waals surface area contributed by atoms with Gasteiger partial charge in [-0.05, 0) is 289 Å². The van der Waals surface area contributed by atoms with E-state index in [0.717, 1.165) is 43.9 Å². The van der Waals surface area contributed by atoms with Crippen molar-refractivity contribution < 1.29 is 21.6 Å². The molecule has 2 nitrogen and oxygen atoms in total. The van der Waals surface area contributed by atoms with Crippen LogP contribution >= 0.6 is 66.7 Å². The highest BCUT2D eigenvalue weighted by Gasteiger charge is 2.33. The lowest BCUT2D eigenvalue weighted by Crippen LogP contribution is -2.15. The highest BCUT2D eigenvalue weighted by molar-refractivity contribution is 9.11. The van der Waals surface area contributed by atoms with Crippen molar-refractivity contribution in [2.45, 2.75) is 344 Å². The number of halogens is 8. The lowest BCUT2D eigenvalue weighted by Gasteiger charge is -2.24. The molecule has 0 aliphatic heterocycles. The number of hydrogen-bond donors (Lipinski definition) is 0. The van der Waals surface area contributed by atoms with Crippen LogP contribution < -0.4 is 0 Å². The first-order valence-corrected chi connectivity index (χ1v) is 45.5. The molecule has 0 aliphatic rings. The lowest BCUT2D eigenvalue weighted by atomic mass is 9.83. The van der Waals surface area contributed by atoms with E-state index in [-0.39, 0.29) is 53.8 Å². The number of aryl methyl sites for hydroxylation is 14. The van der Waals surface area contributed by atoms with E-state index in [9.17, 15) is 21.6 Å². The number of sulfone groups is 1. The molecule has 117 heavy (non-hydrogen) atoms. The van der Waals surface area contributed by atoms with Gasteiger partial charge in [0.15, 0.2) is 9.84 Å². The van der Waals surface area contributed by atoms with E-state index in [0.29, 0.717) is 15.5 Å². The molecule has 0 aromatic heterocycles. The van der Waals surface area contributed by atoms with E-state index in [1.165, 1.54) is 111 Å². The molecule has 0 saturated carbocycles. The van der Waals surface area contributed by atoms with Crippen LogP contribution in [0.4, 0.5) is 13.2 Å². The molecule has 0 bridgehead atoms. The smallest absolute Gasteiger partial charge is 0.224 e. The third-order valence-electron chi connectivity index (χ3n) is 19.7. The Labute approximate surface area is 745 Å². The van der Waals surface area contributed by atoms with Crippen molar-refractivity contribution >= 4 is 76.5 Å². The van der Waals surface area contributed by atoms with Crippen LogP contribution in [0.15, 0.2) is 159 Å². The monoisotopic (exact) mass is 1810 g/mol. The summed E-state index contributed by atoms with van der Waals surface area (Å²) in [7, 11) is -3.10. The summed E-state index contributed by atoms with van der Waals surface area (Å²) in [6.07, 6.45) is -3.10. The first kappa shape index (κ1) is 110. The standard InChI is InChI=1S/C12H14ClF3.C12H18O2S.5C12H18.C11H14Br2.C11H14Cl2/c1-7-5-8(12(14,15)16)6-9(13)10(7)11(2,3)4;1-9-6-7-10(15(5,13)14)8-11(9)12(2,3)4;1-9-6-10(2)8-11(7-9)12(3,4)5;4*1-9-6-7-10(2)11(8-9)12(3,4)5;2*1-7-5-8(12)6-9(13)10(7)11(2,3)4/h5-6H,1-4H3;6-8H,1-5H3;5*6-8H,1-5H3;2*5-6H,1-4H3. The minimum absolute atomic E-state index is 0.0230. The highest BCUT2D eigenvalue weighted by atomic mass is 79.9. The molecule has 648 valence electrons. The fourth-order valence-electron chi connectivity index (χ4n) is 14.4. The van der Waals surface area contributed by atoms with E-state index < -0.39 is 21.6 Å². The molecule has 0 amide bonds. The quantitative estimate of drug-likeness (QED) is 0.164. The fourth-order valence-corrected chi connectivity index (χ4v) is 18.5. The number of hydrogen-bond acceptors (Lipinski definition) is 2. The van der Waals surface area contributed by atoms with Crippen LogP contribution in [0.2, 0.25) is 15.1 Å². The second kappa shape index (κ2) is 43.5. The second-order valence-electron chi connectivity index (χ2n) is 41.5. The maximum Gasteiger partial charge on any atom is 0.416 e. The van der Waals surface area contributed by atoms with Crippen molar-refractivity contribution in [3.05, 3.63) is 303 Å². The third kappa shape index (κ3) is 37.8. The van der Waals surface area contributed by atoms with Gasteiger partial charge in [-0.1, -0.05) is 384 Å². The van der Waals surface area contributed by atoms with Gasteiger partial charge in [0.2, 0.25) is 0 Å². The molecule has 0 saturated heterocycles. The molecule has 9 aromatic carbocycles. The Morgan fingerprint density at radius 3 is 0.778 bits per heavy atom. The van der Waals surface area contributed by atoms with E-state index >= 15 is 0 Å². The Kier molecular flexibility index (Phi) is 40.8. The molecule has 0 atom stereocenters. The molecule has 0 N–H and O–H groups in total. The van der Waals surface area contributed by atoms with Crippen LogP contribution in [0.25, 0.3) is 0 Å².